The summed E-state index contributed by atoms with van der Waals surface area (Å²) in [7, 11) is 0. The molecule has 2 aromatic heterocycles. The lowest BCUT2D eigenvalue weighted by atomic mass is 9.77. The van der Waals surface area contributed by atoms with Crippen LogP contribution in [0.4, 0.5) is 17.6 Å². The predicted octanol–water partition coefficient (Wildman–Crippen LogP) is 5.77. The summed E-state index contributed by atoms with van der Waals surface area (Å²) in [4.78, 5) is 44.6. The fourth-order valence-corrected chi connectivity index (χ4v) is 7.68. The van der Waals surface area contributed by atoms with Gasteiger partial charge >= 0.3 is 6.18 Å². The largest absolute Gasteiger partial charge is 0.400 e. The number of aromatic nitrogens is 2. The van der Waals surface area contributed by atoms with Gasteiger partial charge in [-0.1, -0.05) is 27.7 Å². The molecule has 0 saturated carbocycles. The molecule has 0 saturated heterocycles. The third kappa shape index (κ3) is 4.38. The molecule has 3 aliphatic rings. The van der Waals surface area contributed by atoms with Gasteiger partial charge in [-0.05, 0) is 64.2 Å². The summed E-state index contributed by atoms with van der Waals surface area (Å²) in [6.07, 6.45) is -4.06. The zero-order chi connectivity index (χ0) is 31.4. The van der Waals surface area contributed by atoms with Gasteiger partial charge in [0.25, 0.3) is 5.56 Å². The number of nitrogens with zero attached hydrogens (tertiary/aromatic N) is 2. The van der Waals surface area contributed by atoms with Crippen molar-refractivity contribution >= 4 is 38.5 Å². The first-order chi connectivity index (χ1) is 20.0. The maximum absolute atomic E-state index is 15.0. The van der Waals surface area contributed by atoms with Crippen molar-refractivity contribution in [3.05, 3.63) is 60.6 Å². The molecule has 12 heteroatoms. The number of rotatable bonds is 3. The molecule has 3 aromatic rings. The fourth-order valence-electron chi connectivity index (χ4n) is 7.17. The smallest absolute Gasteiger partial charge is 0.377 e. The van der Waals surface area contributed by atoms with Gasteiger partial charge in [0.1, 0.15) is 17.3 Å². The number of fused-ring (bicyclic) bond motifs is 5. The van der Waals surface area contributed by atoms with Crippen LogP contribution < -0.4 is 10.9 Å². The molecule has 3 heterocycles. The highest BCUT2D eigenvalue weighted by Crippen LogP contribution is 2.48. The molecule has 2 aliphatic carbocycles. The van der Waals surface area contributed by atoms with Gasteiger partial charge < -0.3 is 15.0 Å². The molecule has 6 rings (SSSR count). The van der Waals surface area contributed by atoms with Gasteiger partial charge in [-0.2, -0.15) is 13.2 Å². The molecule has 1 unspecified atom stereocenters. The van der Waals surface area contributed by atoms with Crippen LogP contribution in [0.5, 0.6) is 0 Å². The highest BCUT2D eigenvalue weighted by atomic mass is 79.9. The zero-order valence-corrected chi connectivity index (χ0v) is 25.6. The summed E-state index contributed by atoms with van der Waals surface area (Å²) in [6.45, 7) is 5.75. The molecule has 0 spiro atoms. The van der Waals surface area contributed by atoms with E-state index in [4.69, 9.17) is 4.98 Å². The van der Waals surface area contributed by atoms with E-state index in [9.17, 15) is 32.7 Å². The second-order valence-corrected chi connectivity index (χ2v) is 13.6. The van der Waals surface area contributed by atoms with E-state index < -0.39 is 46.4 Å². The van der Waals surface area contributed by atoms with Gasteiger partial charge in [0.05, 0.1) is 34.0 Å². The fraction of sp³-hybridized carbons (Fsp3) is 0.484. The van der Waals surface area contributed by atoms with E-state index in [1.165, 1.54) is 31.4 Å². The van der Waals surface area contributed by atoms with Crippen molar-refractivity contribution in [3.8, 4) is 11.4 Å². The minimum absolute atomic E-state index is 0.0190. The van der Waals surface area contributed by atoms with Gasteiger partial charge in [0.15, 0.2) is 5.78 Å². The Bertz CT molecular complexity index is 1800. The Kier molecular flexibility index (Phi) is 6.74. The predicted molar refractivity (Wildman–Crippen MR) is 154 cm³/mol. The molecular weight excluding hydrogens is 634 g/mol. The third-order valence-corrected chi connectivity index (χ3v) is 10.0. The van der Waals surface area contributed by atoms with E-state index in [0.29, 0.717) is 39.0 Å². The topological polar surface area (TPSA) is 101 Å². The van der Waals surface area contributed by atoms with Crippen LogP contribution in [0.25, 0.3) is 22.3 Å². The Morgan fingerprint density at radius 2 is 1.86 bits per heavy atom. The number of carbonyl (C=O) groups excluding carboxylic acids is 2. The number of amides is 1. The van der Waals surface area contributed by atoms with E-state index in [0.717, 1.165) is 0 Å². The molecule has 7 nitrogen and oxygen atoms in total. The van der Waals surface area contributed by atoms with Crippen LogP contribution in [0.1, 0.15) is 80.8 Å². The Morgan fingerprint density at radius 1 is 1.16 bits per heavy atom. The minimum atomic E-state index is -4.79. The van der Waals surface area contributed by atoms with E-state index in [-0.39, 0.29) is 60.0 Å². The lowest BCUT2D eigenvalue weighted by Gasteiger charge is -2.34. The van der Waals surface area contributed by atoms with Crippen molar-refractivity contribution < 1.29 is 32.3 Å². The van der Waals surface area contributed by atoms with Crippen LogP contribution in [0, 0.1) is 17.2 Å². The lowest BCUT2D eigenvalue weighted by Crippen LogP contribution is -2.47. The molecule has 228 valence electrons. The molecular formula is C31H30BrF4N3O4. The van der Waals surface area contributed by atoms with Gasteiger partial charge in [-0.15, -0.1) is 0 Å². The number of alkyl halides is 3. The minimum Gasteiger partial charge on any atom is -0.377 e. The van der Waals surface area contributed by atoms with Gasteiger partial charge in [-0.3, -0.25) is 14.4 Å². The van der Waals surface area contributed by atoms with Crippen LogP contribution in [-0.2, 0) is 34.6 Å². The average Bonchev–Trinajstić information content (AvgIpc) is 3.27. The van der Waals surface area contributed by atoms with Crippen molar-refractivity contribution in [3.63, 3.8) is 0 Å². The number of carbonyl (C=O) groups is 2. The SMILES string of the molecule is CC[C@@]1(O)C(=O)CCc2c1cc1n(c2=O)Cc2c-1nc1cc(F)c(Br)c3c1c2[C@H](NC(=O)C(C(C)(C)C)C(F)(F)F)CC3. The Labute approximate surface area is 252 Å². The quantitative estimate of drug-likeness (QED) is 0.271. The van der Waals surface area contributed by atoms with Crippen molar-refractivity contribution in [2.75, 3.05) is 0 Å². The molecule has 1 aliphatic heterocycles. The number of halogens is 5. The van der Waals surface area contributed by atoms with Gasteiger partial charge in [0.2, 0.25) is 5.91 Å². The second kappa shape index (κ2) is 9.69. The van der Waals surface area contributed by atoms with Crippen LogP contribution in [0.3, 0.4) is 0 Å². The number of Topliss-reactive ketones (excluding diaryl/α,β-unsaturated/α-hetero) is 1. The summed E-state index contributed by atoms with van der Waals surface area (Å²) in [6, 6.07) is 1.94. The average molecular weight is 664 g/mol. The van der Waals surface area contributed by atoms with E-state index in [2.05, 4.69) is 21.2 Å². The maximum atomic E-state index is 15.0. The van der Waals surface area contributed by atoms with Gasteiger partial charge in [-0.25, -0.2) is 9.37 Å². The molecule has 1 amide bonds. The molecule has 3 atom stereocenters. The van der Waals surface area contributed by atoms with E-state index >= 15 is 4.39 Å². The molecule has 2 N–H and O–H groups in total. The second-order valence-electron chi connectivity index (χ2n) is 12.8. The van der Waals surface area contributed by atoms with Crippen molar-refractivity contribution in [2.24, 2.45) is 11.3 Å². The molecule has 1 aromatic carbocycles. The van der Waals surface area contributed by atoms with Crippen LogP contribution >= 0.6 is 15.9 Å². The highest BCUT2D eigenvalue weighted by Gasteiger charge is 2.52. The molecule has 0 fully saturated rings. The molecule has 0 bridgehead atoms. The highest BCUT2D eigenvalue weighted by molar-refractivity contribution is 9.10. The number of hydrogen-bond donors (Lipinski definition) is 2. The summed E-state index contributed by atoms with van der Waals surface area (Å²) in [5, 5.41) is 14.5. The number of aryl methyl sites for hydroxylation is 1. The summed E-state index contributed by atoms with van der Waals surface area (Å²) < 4.78 is 59.0. The maximum Gasteiger partial charge on any atom is 0.400 e. The lowest BCUT2D eigenvalue weighted by molar-refractivity contribution is -0.202. The van der Waals surface area contributed by atoms with Gasteiger partial charge in [0, 0.05) is 34.6 Å². The number of aliphatic hydroxyl groups is 1. The normalized spacial score (nSPS) is 21.8. The zero-order valence-electron chi connectivity index (χ0n) is 24.0. The van der Waals surface area contributed by atoms with Crippen LogP contribution in [-0.4, -0.2) is 32.5 Å². The summed E-state index contributed by atoms with van der Waals surface area (Å²) >= 11 is 3.31. The number of hydrogen-bond acceptors (Lipinski definition) is 5. The number of ketones is 1. The Hall–Kier alpha value is -3.12. The van der Waals surface area contributed by atoms with Crippen molar-refractivity contribution in [2.45, 2.75) is 84.2 Å². The molecule has 0 radical (unpaired) electrons. The van der Waals surface area contributed by atoms with Crippen LogP contribution in [0.15, 0.2) is 21.4 Å². The number of nitrogens with one attached hydrogen (secondary N) is 1. The first-order valence-electron chi connectivity index (χ1n) is 14.2. The monoisotopic (exact) mass is 663 g/mol. The van der Waals surface area contributed by atoms with E-state index in [1.807, 2.05) is 0 Å². The van der Waals surface area contributed by atoms with Crippen molar-refractivity contribution in [1.29, 1.82) is 0 Å². The summed E-state index contributed by atoms with van der Waals surface area (Å²) in [5.41, 5.74) is -0.631. The van der Waals surface area contributed by atoms with E-state index in [1.54, 1.807) is 13.0 Å². The number of benzene rings is 1. The van der Waals surface area contributed by atoms with Crippen molar-refractivity contribution in [1.82, 2.24) is 14.9 Å². The Balaban J connectivity index is 1.58. The first-order valence-corrected chi connectivity index (χ1v) is 15.0. The standard InChI is InChI=1S/C31H30BrF4N3O4/c1-5-30(43)16-10-20-25-15(12-39(20)28(42)13(16)7-9-21(30)40)23-18(38-27(41)26(29(2,3)4)31(34,35)36)8-6-14-22(23)19(37-25)11-17(33)24(14)32/h10-11,18,26,43H,5-9,12H2,1-4H3,(H,38,41)/t18-,26?,30+/m1/s1. The Morgan fingerprint density at radius 3 is 2.49 bits per heavy atom. The van der Waals surface area contributed by atoms with Crippen LogP contribution in [0.2, 0.25) is 0 Å². The first kappa shape index (κ1) is 29.9. The summed E-state index contributed by atoms with van der Waals surface area (Å²) in [5.74, 6) is -4.39. The molecule has 43 heavy (non-hydrogen) atoms. The third-order valence-electron chi connectivity index (χ3n) is 9.19. The number of pyridine rings is 2.